The van der Waals surface area contributed by atoms with Crippen LogP contribution < -0.4 is 0 Å². The van der Waals surface area contributed by atoms with E-state index in [1.54, 1.807) is 23.9 Å². The maximum absolute atomic E-state index is 10.6. The van der Waals surface area contributed by atoms with Crippen LogP contribution in [0, 0.1) is 0 Å². The van der Waals surface area contributed by atoms with E-state index < -0.39 is 5.97 Å². The highest BCUT2D eigenvalue weighted by molar-refractivity contribution is 7.99. The molecule has 0 atom stereocenters. The number of hydrogen-bond acceptors (Lipinski definition) is 2. The molecule has 4 heteroatoms. The van der Waals surface area contributed by atoms with Crippen LogP contribution in [-0.2, 0) is 11.2 Å². The van der Waals surface area contributed by atoms with E-state index in [0.717, 1.165) is 16.2 Å². The topological polar surface area (TPSA) is 37.3 Å². The quantitative estimate of drug-likeness (QED) is 0.808. The maximum atomic E-state index is 10.6. The first-order chi connectivity index (χ1) is 6.63. The van der Waals surface area contributed by atoms with Crippen LogP contribution in [-0.4, -0.2) is 16.8 Å². The third kappa shape index (κ3) is 3.24. The standard InChI is InChI=1S/C10H11ClO2S/c1-2-14-9-6-8(11)4-3-7(9)5-10(12)13/h3-4,6H,2,5H2,1H3,(H,12,13). The first-order valence-corrected chi connectivity index (χ1v) is 5.63. The lowest BCUT2D eigenvalue weighted by Crippen LogP contribution is -2.01. The second-order valence-corrected chi connectivity index (χ2v) is 4.50. The molecule has 0 spiro atoms. The first-order valence-electron chi connectivity index (χ1n) is 4.26. The van der Waals surface area contributed by atoms with Gasteiger partial charge in [0.05, 0.1) is 6.42 Å². The molecule has 0 aliphatic carbocycles. The van der Waals surface area contributed by atoms with Crippen LogP contribution in [0.4, 0.5) is 0 Å². The molecule has 0 aliphatic heterocycles. The number of halogens is 1. The van der Waals surface area contributed by atoms with E-state index in [0.29, 0.717) is 5.02 Å². The summed E-state index contributed by atoms with van der Waals surface area (Å²) in [4.78, 5) is 11.5. The predicted molar refractivity (Wildman–Crippen MR) is 59.2 cm³/mol. The highest BCUT2D eigenvalue weighted by Crippen LogP contribution is 2.26. The Kier molecular flexibility index (Phi) is 4.29. The zero-order valence-corrected chi connectivity index (χ0v) is 9.36. The van der Waals surface area contributed by atoms with Gasteiger partial charge in [-0.1, -0.05) is 24.6 Å². The zero-order chi connectivity index (χ0) is 10.6. The van der Waals surface area contributed by atoms with E-state index in [4.69, 9.17) is 16.7 Å². The van der Waals surface area contributed by atoms with Crippen LogP contribution in [0.1, 0.15) is 12.5 Å². The Morgan fingerprint density at radius 3 is 2.86 bits per heavy atom. The maximum Gasteiger partial charge on any atom is 0.307 e. The monoisotopic (exact) mass is 230 g/mol. The molecule has 0 aromatic heterocycles. The van der Waals surface area contributed by atoms with Crippen LogP contribution in [0.3, 0.4) is 0 Å². The van der Waals surface area contributed by atoms with Gasteiger partial charge < -0.3 is 5.11 Å². The van der Waals surface area contributed by atoms with Crippen molar-refractivity contribution in [2.45, 2.75) is 18.2 Å². The number of rotatable bonds is 4. The summed E-state index contributed by atoms with van der Waals surface area (Å²) >= 11 is 7.44. The fourth-order valence-electron chi connectivity index (χ4n) is 1.13. The van der Waals surface area contributed by atoms with Crippen molar-refractivity contribution in [3.63, 3.8) is 0 Å². The summed E-state index contributed by atoms with van der Waals surface area (Å²) in [6.45, 7) is 2.02. The van der Waals surface area contributed by atoms with Crippen LogP contribution in [0.2, 0.25) is 5.02 Å². The Hall–Kier alpha value is -0.670. The predicted octanol–water partition coefficient (Wildman–Crippen LogP) is 3.08. The Bertz CT molecular complexity index is 339. The van der Waals surface area contributed by atoms with Crippen LogP contribution in [0.5, 0.6) is 0 Å². The molecule has 1 aromatic carbocycles. The van der Waals surface area contributed by atoms with Crippen molar-refractivity contribution >= 4 is 29.3 Å². The number of aliphatic carboxylic acids is 1. The van der Waals surface area contributed by atoms with E-state index >= 15 is 0 Å². The van der Waals surface area contributed by atoms with Crippen LogP contribution in [0.15, 0.2) is 23.1 Å². The summed E-state index contributed by atoms with van der Waals surface area (Å²) in [5, 5.41) is 9.33. The van der Waals surface area contributed by atoms with E-state index in [2.05, 4.69) is 0 Å². The van der Waals surface area contributed by atoms with E-state index in [9.17, 15) is 4.79 Å². The third-order valence-electron chi connectivity index (χ3n) is 1.67. The Morgan fingerprint density at radius 1 is 1.57 bits per heavy atom. The van der Waals surface area contributed by atoms with Gasteiger partial charge in [-0.3, -0.25) is 4.79 Å². The summed E-state index contributed by atoms with van der Waals surface area (Å²) < 4.78 is 0. The number of carbonyl (C=O) groups is 1. The summed E-state index contributed by atoms with van der Waals surface area (Å²) in [7, 11) is 0. The molecule has 1 rings (SSSR count). The highest BCUT2D eigenvalue weighted by Gasteiger charge is 2.07. The van der Waals surface area contributed by atoms with Gasteiger partial charge in [-0.15, -0.1) is 11.8 Å². The molecule has 2 nitrogen and oxygen atoms in total. The number of hydrogen-bond donors (Lipinski definition) is 1. The largest absolute Gasteiger partial charge is 0.481 e. The van der Waals surface area contributed by atoms with Gasteiger partial charge in [-0.2, -0.15) is 0 Å². The molecule has 0 aliphatic rings. The molecule has 1 N–H and O–H groups in total. The first kappa shape index (κ1) is 11.4. The van der Waals surface area contributed by atoms with E-state index in [1.165, 1.54) is 0 Å². The summed E-state index contributed by atoms with van der Waals surface area (Å²) in [5.41, 5.74) is 0.828. The molecular formula is C10H11ClO2S. The molecule has 0 bridgehead atoms. The fraction of sp³-hybridized carbons (Fsp3) is 0.300. The van der Waals surface area contributed by atoms with Crippen molar-refractivity contribution in [1.82, 2.24) is 0 Å². The van der Waals surface area contributed by atoms with E-state index in [-0.39, 0.29) is 6.42 Å². The van der Waals surface area contributed by atoms with Gasteiger partial charge in [-0.05, 0) is 23.4 Å². The molecule has 0 saturated carbocycles. The number of benzene rings is 1. The summed E-state index contributed by atoms with van der Waals surface area (Å²) in [6.07, 6.45) is 0.0551. The van der Waals surface area contributed by atoms with Crippen molar-refractivity contribution in [1.29, 1.82) is 0 Å². The SMILES string of the molecule is CCSc1cc(Cl)ccc1CC(=O)O. The smallest absolute Gasteiger partial charge is 0.307 e. The molecule has 0 saturated heterocycles. The molecule has 0 fully saturated rings. The molecule has 0 heterocycles. The van der Waals surface area contributed by atoms with Gasteiger partial charge in [0, 0.05) is 9.92 Å². The third-order valence-corrected chi connectivity index (χ3v) is 2.89. The summed E-state index contributed by atoms with van der Waals surface area (Å²) in [5.74, 6) is 0.0951. The molecule has 0 amide bonds. The second kappa shape index (κ2) is 5.27. The normalized spacial score (nSPS) is 10.1. The Labute approximate surface area is 92.3 Å². The molecule has 0 radical (unpaired) electrons. The van der Waals surface area contributed by atoms with Crippen LogP contribution in [0.25, 0.3) is 0 Å². The molecule has 1 aromatic rings. The van der Waals surface area contributed by atoms with Gasteiger partial charge in [0.1, 0.15) is 0 Å². The van der Waals surface area contributed by atoms with Crippen molar-refractivity contribution in [3.8, 4) is 0 Å². The summed E-state index contributed by atoms with van der Waals surface area (Å²) in [6, 6.07) is 5.31. The lowest BCUT2D eigenvalue weighted by molar-refractivity contribution is -0.136. The van der Waals surface area contributed by atoms with Gasteiger partial charge in [0.15, 0.2) is 0 Å². The Morgan fingerprint density at radius 2 is 2.29 bits per heavy atom. The van der Waals surface area contributed by atoms with E-state index in [1.807, 2.05) is 13.0 Å². The average Bonchev–Trinajstić information content (AvgIpc) is 2.09. The molecular weight excluding hydrogens is 220 g/mol. The van der Waals surface area contributed by atoms with Gasteiger partial charge >= 0.3 is 5.97 Å². The zero-order valence-electron chi connectivity index (χ0n) is 7.79. The average molecular weight is 231 g/mol. The lowest BCUT2D eigenvalue weighted by Gasteiger charge is -2.06. The van der Waals surface area contributed by atoms with Crippen molar-refractivity contribution < 1.29 is 9.90 Å². The molecule has 14 heavy (non-hydrogen) atoms. The minimum Gasteiger partial charge on any atom is -0.481 e. The van der Waals surface area contributed by atoms with Gasteiger partial charge in [0.2, 0.25) is 0 Å². The van der Waals surface area contributed by atoms with Crippen molar-refractivity contribution in [3.05, 3.63) is 28.8 Å². The van der Waals surface area contributed by atoms with Crippen LogP contribution >= 0.6 is 23.4 Å². The van der Waals surface area contributed by atoms with Crippen molar-refractivity contribution in [2.24, 2.45) is 0 Å². The van der Waals surface area contributed by atoms with Crippen molar-refractivity contribution in [2.75, 3.05) is 5.75 Å². The van der Waals surface area contributed by atoms with Gasteiger partial charge in [0.25, 0.3) is 0 Å². The second-order valence-electron chi connectivity index (χ2n) is 2.76. The molecule has 0 unspecified atom stereocenters. The number of thioether (sulfide) groups is 1. The highest BCUT2D eigenvalue weighted by atomic mass is 35.5. The number of carboxylic acid groups (broad SMARTS) is 1. The van der Waals surface area contributed by atoms with Gasteiger partial charge in [-0.25, -0.2) is 0 Å². The Balaban J connectivity index is 2.95. The minimum atomic E-state index is -0.815. The fourth-order valence-corrected chi connectivity index (χ4v) is 2.21. The lowest BCUT2D eigenvalue weighted by atomic mass is 10.1. The number of carboxylic acids is 1. The molecule has 76 valence electrons. The minimum absolute atomic E-state index is 0.0551.